The minimum Gasteiger partial charge on any atom is -0.469 e. The summed E-state index contributed by atoms with van der Waals surface area (Å²) in [6.45, 7) is 0. The maximum atomic E-state index is 12.9. The number of carbonyl (C=O) groups excluding carboxylic acids is 1. The molecule has 0 aliphatic rings. The van der Waals surface area contributed by atoms with Gasteiger partial charge in [-0.15, -0.1) is 0 Å². The molecule has 0 aromatic carbocycles. The summed E-state index contributed by atoms with van der Waals surface area (Å²) in [5.41, 5.74) is 0.118. The molecule has 0 saturated heterocycles. The number of aromatic nitrogens is 1. The number of alkyl halides is 3. The molecule has 0 amide bonds. The molecule has 0 fully saturated rings. The summed E-state index contributed by atoms with van der Waals surface area (Å²) in [5.74, 6) is -0.613. The third-order valence-corrected chi connectivity index (χ3v) is 2.99. The third kappa shape index (κ3) is 3.35. The second-order valence-electron chi connectivity index (χ2n) is 3.13. The lowest BCUT2D eigenvalue weighted by atomic mass is 10.0. The molecule has 1 aromatic rings. The molecule has 0 bridgehead atoms. The minimum absolute atomic E-state index is 0.122. The molecule has 17 heavy (non-hydrogen) atoms. The Morgan fingerprint density at radius 1 is 1.65 bits per heavy atom. The Balaban J connectivity index is 3.29. The highest BCUT2D eigenvalue weighted by Gasteiger charge is 2.22. The van der Waals surface area contributed by atoms with E-state index in [1.165, 1.54) is 7.11 Å². The van der Waals surface area contributed by atoms with Crippen LogP contribution in [0.1, 0.15) is 23.2 Å². The zero-order valence-electron chi connectivity index (χ0n) is 8.84. The molecule has 0 aliphatic carbocycles. The van der Waals surface area contributed by atoms with Gasteiger partial charge in [0.1, 0.15) is 0 Å². The van der Waals surface area contributed by atoms with Gasteiger partial charge in [0.05, 0.1) is 24.2 Å². The Hall–Kier alpha value is -0.750. The van der Waals surface area contributed by atoms with Gasteiger partial charge in [-0.05, 0) is 5.56 Å². The van der Waals surface area contributed by atoms with Gasteiger partial charge in [-0.25, -0.2) is 8.78 Å². The third-order valence-electron chi connectivity index (χ3n) is 2.16. The molecule has 0 unspecified atom stereocenters. The topological polar surface area (TPSA) is 39.2 Å². The first-order valence-electron chi connectivity index (χ1n) is 4.58. The standard InChI is InChI=1S/C10H9BrClF2NO2/c1-17-8(16)2-5-7(3-11)15-4-6(12)9(5)10(13)14/h4,10H,2-3H2,1H3. The number of halogens is 4. The van der Waals surface area contributed by atoms with Crippen molar-refractivity contribution >= 4 is 33.5 Å². The zero-order valence-corrected chi connectivity index (χ0v) is 11.2. The highest BCUT2D eigenvalue weighted by atomic mass is 79.9. The van der Waals surface area contributed by atoms with Crippen molar-refractivity contribution in [1.29, 1.82) is 0 Å². The van der Waals surface area contributed by atoms with E-state index in [9.17, 15) is 13.6 Å². The van der Waals surface area contributed by atoms with Gasteiger partial charge in [0.15, 0.2) is 0 Å². The van der Waals surface area contributed by atoms with Crippen molar-refractivity contribution in [2.24, 2.45) is 0 Å². The van der Waals surface area contributed by atoms with Gasteiger partial charge in [-0.1, -0.05) is 27.5 Å². The van der Waals surface area contributed by atoms with Crippen molar-refractivity contribution in [1.82, 2.24) is 4.98 Å². The maximum absolute atomic E-state index is 12.9. The van der Waals surface area contributed by atoms with Crippen LogP contribution in [0.15, 0.2) is 6.20 Å². The molecule has 0 radical (unpaired) electrons. The first-order valence-corrected chi connectivity index (χ1v) is 6.08. The van der Waals surface area contributed by atoms with Gasteiger partial charge in [0, 0.05) is 17.1 Å². The van der Waals surface area contributed by atoms with Crippen molar-refractivity contribution in [2.45, 2.75) is 18.2 Å². The summed E-state index contributed by atoms with van der Waals surface area (Å²) in [6.07, 6.45) is -1.88. The Morgan fingerprint density at radius 3 is 2.76 bits per heavy atom. The van der Waals surface area contributed by atoms with Gasteiger partial charge in [-0.2, -0.15) is 0 Å². The van der Waals surface area contributed by atoms with Crippen LogP contribution < -0.4 is 0 Å². The summed E-state index contributed by atoms with van der Waals surface area (Å²) in [4.78, 5) is 15.1. The molecule has 0 atom stereocenters. The Labute approximate surface area is 110 Å². The summed E-state index contributed by atoms with van der Waals surface area (Å²) >= 11 is 8.80. The molecule has 94 valence electrons. The van der Waals surface area contributed by atoms with Gasteiger partial charge in [0.2, 0.25) is 0 Å². The normalized spacial score (nSPS) is 10.7. The van der Waals surface area contributed by atoms with E-state index in [1.54, 1.807) is 0 Å². The van der Waals surface area contributed by atoms with Crippen LogP contribution in [0.3, 0.4) is 0 Å². The lowest BCUT2D eigenvalue weighted by Crippen LogP contribution is -2.11. The Bertz CT molecular complexity index is 429. The van der Waals surface area contributed by atoms with Gasteiger partial charge in [-0.3, -0.25) is 9.78 Å². The van der Waals surface area contributed by atoms with Crippen LogP contribution in [0.25, 0.3) is 0 Å². The van der Waals surface area contributed by atoms with Gasteiger partial charge < -0.3 is 4.74 Å². The smallest absolute Gasteiger partial charge is 0.310 e. The molecular weight excluding hydrogens is 319 g/mol. The van der Waals surface area contributed by atoms with Crippen LogP contribution in [-0.4, -0.2) is 18.1 Å². The highest BCUT2D eigenvalue weighted by Crippen LogP contribution is 2.32. The number of pyridine rings is 1. The monoisotopic (exact) mass is 327 g/mol. The first-order chi connectivity index (χ1) is 8.01. The fourth-order valence-corrected chi connectivity index (χ4v) is 2.08. The van der Waals surface area contributed by atoms with E-state index in [1.807, 2.05) is 0 Å². The summed E-state index contributed by atoms with van der Waals surface area (Å²) < 4.78 is 30.2. The van der Waals surface area contributed by atoms with Crippen molar-refractivity contribution in [2.75, 3.05) is 7.11 Å². The lowest BCUT2D eigenvalue weighted by molar-refractivity contribution is -0.139. The number of methoxy groups -OCH3 is 1. The van der Waals surface area contributed by atoms with Crippen molar-refractivity contribution in [3.05, 3.63) is 28.0 Å². The molecule has 1 heterocycles. The first kappa shape index (κ1) is 14.3. The van der Waals surface area contributed by atoms with E-state index in [4.69, 9.17) is 11.6 Å². The van der Waals surface area contributed by atoms with E-state index in [0.29, 0.717) is 5.69 Å². The molecule has 0 aliphatic heterocycles. The number of rotatable bonds is 4. The number of hydrogen-bond acceptors (Lipinski definition) is 3. The fraction of sp³-hybridized carbons (Fsp3) is 0.400. The van der Waals surface area contributed by atoms with Crippen LogP contribution >= 0.6 is 27.5 Å². The average Bonchev–Trinajstić information content (AvgIpc) is 2.28. The lowest BCUT2D eigenvalue weighted by Gasteiger charge is -2.13. The van der Waals surface area contributed by atoms with Crippen molar-refractivity contribution < 1.29 is 18.3 Å². The SMILES string of the molecule is COC(=O)Cc1c(CBr)ncc(Cl)c1C(F)F. The number of hydrogen-bond donors (Lipinski definition) is 0. The molecule has 0 saturated carbocycles. The van der Waals surface area contributed by atoms with E-state index < -0.39 is 12.4 Å². The molecule has 0 N–H and O–H groups in total. The highest BCUT2D eigenvalue weighted by molar-refractivity contribution is 9.08. The largest absolute Gasteiger partial charge is 0.469 e. The maximum Gasteiger partial charge on any atom is 0.310 e. The predicted octanol–water partition coefficient (Wildman–Crippen LogP) is 3.28. The molecule has 3 nitrogen and oxygen atoms in total. The van der Waals surface area contributed by atoms with Gasteiger partial charge in [0.25, 0.3) is 6.43 Å². The minimum atomic E-state index is -2.76. The molecule has 0 spiro atoms. The van der Waals surface area contributed by atoms with E-state index in [0.717, 1.165) is 6.20 Å². The quantitative estimate of drug-likeness (QED) is 0.629. The predicted molar refractivity (Wildman–Crippen MR) is 62.6 cm³/mol. The Morgan fingerprint density at radius 2 is 2.29 bits per heavy atom. The van der Waals surface area contributed by atoms with Crippen LogP contribution in [0.5, 0.6) is 0 Å². The van der Waals surface area contributed by atoms with E-state index in [2.05, 4.69) is 25.7 Å². The average molecular weight is 329 g/mol. The fourth-order valence-electron chi connectivity index (χ4n) is 1.35. The second kappa shape index (κ2) is 6.26. The molecule has 7 heteroatoms. The van der Waals surface area contributed by atoms with Crippen LogP contribution in [0.4, 0.5) is 8.78 Å². The van der Waals surface area contributed by atoms with Crippen LogP contribution in [-0.2, 0) is 21.3 Å². The summed E-state index contributed by atoms with van der Waals surface area (Å²) in [5, 5.41) is 0.111. The number of esters is 1. The van der Waals surface area contributed by atoms with Crippen LogP contribution in [0, 0.1) is 0 Å². The molecular formula is C10H9BrClF2NO2. The number of carbonyl (C=O) groups is 1. The number of ether oxygens (including phenoxy) is 1. The van der Waals surface area contributed by atoms with Gasteiger partial charge >= 0.3 is 5.97 Å². The molecule has 1 aromatic heterocycles. The Kier molecular flexibility index (Phi) is 5.27. The van der Waals surface area contributed by atoms with E-state index >= 15 is 0 Å². The second-order valence-corrected chi connectivity index (χ2v) is 4.10. The van der Waals surface area contributed by atoms with Crippen molar-refractivity contribution in [3.63, 3.8) is 0 Å². The summed E-state index contributed by atoms with van der Waals surface area (Å²) in [6, 6.07) is 0. The van der Waals surface area contributed by atoms with Crippen molar-refractivity contribution in [3.8, 4) is 0 Å². The van der Waals surface area contributed by atoms with Crippen LogP contribution in [0.2, 0.25) is 5.02 Å². The number of nitrogens with zero attached hydrogens (tertiary/aromatic N) is 1. The zero-order chi connectivity index (χ0) is 13.0. The van der Waals surface area contributed by atoms with E-state index in [-0.39, 0.29) is 27.9 Å². The summed E-state index contributed by atoms with van der Waals surface area (Å²) in [7, 11) is 1.19. The molecule has 1 rings (SSSR count).